The zero-order valence-electron chi connectivity index (χ0n) is 26.8. The van der Waals surface area contributed by atoms with Crippen LogP contribution in [0.3, 0.4) is 0 Å². The molecule has 0 aliphatic carbocycles. The Labute approximate surface area is 292 Å². The molecular weight excluding hydrogens is 671 g/mol. The molecule has 253 valence electrons. The van der Waals surface area contributed by atoms with Crippen molar-refractivity contribution in [1.29, 1.82) is 0 Å². The Kier molecular flexibility index (Phi) is 11.9. The average molecular weight is 706 g/mol. The van der Waals surface area contributed by atoms with E-state index in [4.69, 9.17) is 9.84 Å². The summed E-state index contributed by atoms with van der Waals surface area (Å²) in [7, 11) is 1.60. The number of aliphatic hydroxyl groups excluding tert-OH is 1. The van der Waals surface area contributed by atoms with Crippen molar-refractivity contribution < 1.29 is 47.0 Å². The first-order chi connectivity index (χ1) is 23.2. The van der Waals surface area contributed by atoms with Gasteiger partial charge in [-0.05, 0) is 80.1 Å². The number of aromatic nitrogens is 4. The normalized spacial score (nSPS) is 10.9. The molecule has 0 atom stereocenters. The molecule has 0 saturated carbocycles. The number of methoxy groups -OCH3 is 1. The molecule has 0 spiro atoms. The number of hydrogen-bond acceptors (Lipinski definition) is 10. The van der Waals surface area contributed by atoms with Gasteiger partial charge in [0.2, 0.25) is 11.8 Å². The van der Waals surface area contributed by atoms with Crippen LogP contribution in [0.4, 0.5) is 11.4 Å². The van der Waals surface area contributed by atoms with E-state index in [2.05, 4.69) is 20.2 Å². The smallest absolute Gasteiger partial charge is 0.223 e. The number of aryl methyl sites for hydroxylation is 2. The maximum atomic E-state index is 10.5. The summed E-state index contributed by atoms with van der Waals surface area (Å²) in [5, 5.41) is 58.1. The van der Waals surface area contributed by atoms with Gasteiger partial charge in [0.1, 0.15) is 28.6 Å². The summed E-state index contributed by atoms with van der Waals surface area (Å²) < 4.78 is 7.96. The van der Waals surface area contributed by atoms with Gasteiger partial charge in [-0.1, -0.05) is 36.4 Å². The van der Waals surface area contributed by atoms with E-state index in [1.54, 1.807) is 118 Å². The van der Waals surface area contributed by atoms with Gasteiger partial charge in [-0.3, -0.25) is 9.98 Å². The number of aromatic hydroxyl groups is 4. The largest absolute Gasteiger partial charge is 0.506 e. The van der Waals surface area contributed by atoms with Crippen LogP contribution >= 0.6 is 0 Å². The molecule has 5 N–H and O–H groups in total. The first-order valence-corrected chi connectivity index (χ1v) is 14.8. The van der Waals surface area contributed by atoms with E-state index in [1.807, 2.05) is 0 Å². The Morgan fingerprint density at radius 1 is 0.633 bits per heavy atom. The average Bonchev–Trinajstić information content (AvgIpc) is 3.56. The Bertz CT molecular complexity index is 1920. The van der Waals surface area contributed by atoms with Crippen LogP contribution in [-0.4, -0.2) is 64.6 Å². The number of benzene rings is 4. The first kappa shape index (κ1) is 36.0. The number of phenols is 2. The summed E-state index contributed by atoms with van der Waals surface area (Å²) in [6.07, 6.45) is 2.97. The Balaban J connectivity index is 0.000000216. The third-order valence-electron chi connectivity index (χ3n) is 7.27. The number of aliphatic hydroxyl groups is 1. The Morgan fingerprint density at radius 2 is 1.04 bits per heavy atom. The summed E-state index contributed by atoms with van der Waals surface area (Å²) in [5.41, 5.74) is 5.21. The maximum absolute atomic E-state index is 10.5. The number of aliphatic imine (C=N–C) groups is 2. The van der Waals surface area contributed by atoms with Crippen molar-refractivity contribution >= 4 is 23.8 Å². The second-order valence-corrected chi connectivity index (χ2v) is 10.5. The van der Waals surface area contributed by atoms with Gasteiger partial charge in [-0.15, -0.1) is 0 Å². The van der Waals surface area contributed by atoms with Gasteiger partial charge in [0.15, 0.2) is 0 Å². The molecule has 2 aromatic heterocycles. The fourth-order valence-electron chi connectivity index (χ4n) is 4.60. The molecule has 49 heavy (non-hydrogen) atoms. The molecule has 12 nitrogen and oxygen atoms in total. The minimum Gasteiger partial charge on any atom is -0.506 e. The van der Waals surface area contributed by atoms with Crippen LogP contribution in [0.2, 0.25) is 0 Å². The number of ether oxygens (including phenoxy) is 1. The van der Waals surface area contributed by atoms with Crippen molar-refractivity contribution in [2.24, 2.45) is 9.98 Å². The molecular formula is C36H34CoN6O6. The van der Waals surface area contributed by atoms with Crippen molar-refractivity contribution in [2.45, 2.75) is 20.5 Å². The van der Waals surface area contributed by atoms with Crippen molar-refractivity contribution in [1.82, 2.24) is 19.6 Å². The topological polar surface area (TPSA) is 171 Å². The van der Waals surface area contributed by atoms with Crippen LogP contribution in [0, 0.1) is 13.8 Å². The van der Waals surface area contributed by atoms with Crippen LogP contribution < -0.4 is 4.74 Å². The molecule has 6 rings (SSSR count). The number of hydrogen-bond donors (Lipinski definition) is 5. The number of rotatable bonds is 8. The summed E-state index contributed by atoms with van der Waals surface area (Å²) in [6.45, 7) is 3.51. The van der Waals surface area contributed by atoms with Crippen LogP contribution in [0.15, 0.2) is 107 Å². The van der Waals surface area contributed by atoms with Gasteiger partial charge in [0.05, 0.1) is 47.6 Å². The van der Waals surface area contributed by atoms with Gasteiger partial charge < -0.3 is 30.3 Å². The van der Waals surface area contributed by atoms with Gasteiger partial charge in [-0.2, -0.15) is 10.2 Å². The fourth-order valence-corrected chi connectivity index (χ4v) is 4.60. The van der Waals surface area contributed by atoms with Crippen molar-refractivity contribution in [2.75, 3.05) is 7.11 Å². The van der Waals surface area contributed by atoms with E-state index in [9.17, 15) is 20.4 Å². The predicted octanol–water partition coefficient (Wildman–Crippen LogP) is 6.18. The Hall–Kier alpha value is -5.89. The maximum Gasteiger partial charge on any atom is 0.223 e. The molecule has 0 aliphatic heterocycles. The summed E-state index contributed by atoms with van der Waals surface area (Å²) in [6, 6.07) is 27.7. The second-order valence-electron chi connectivity index (χ2n) is 10.5. The summed E-state index contributed by atoms with van der Waals surface area (Å²) >= 11 is 0. The van der Waals surface area contributed by atoms with Gasteiger partial charge in [-0.25, -0.2) is 9.36 Å². The van der Waals surface area contributed by atoms with Crippen molar-refractivity contribution in [3.8, 4) is 40.4 Å². The summed E-state index contributed by atoms with van der Waals surface area (Å²) in [4.78, 5) is 8.43. The zero-order chi connectivity index (χ0) is 34.2. The second kappa shape index (κ2) is 16.3. The van der Waals surface area contributed by atoms with E-state index in [0.29, 0.717) is 45.3 Å². The third-order valence-corrected chi connectivity index (χ3v) is 7.27. The monoisotopic (exact) mass is 705 g/mol. The van der Waals surface area contributed by atoms with E-state index < -0.39 is 0 Å². The third kappa shape index (κ3) is 8.34. The molecule has 0 aliphatic rings. The van der Waals surface area contributed by atoms with Gasteiger partial charge in [0.25, 0.3) is 0 Å². The first-order valence-electron chi connectivity index (χ1n) is 14.8. The van der Waals surface area contributed by atoms with Crippen LogP contribution in [0.1, 0.15) is 28.1 Å². The molecule has 0 bridgehead atoms. The van der Waals surface area contributed by atoms with Crippen LogP contribution in [-0.2, 0) is 23.4 Å². The minimum atomic E-state index is -0.0388. The molecule has 13 heteroatoms. The van der Waals surface area contributed by atoms with Gasteiger partial charge in [0, 0.05) is 29.2 Å². The molecule has 2 heterocycles. The zero-order valence-corrected chi connectivity index (χ0v) is 27.8. The number of para-hydroxylation sites is 4. The predicted molar refractivity (Wildman–Crippen MR) is 183 cm³/mol. The van der Waals surface area contributed by atoms with Gasteiger partial charge >= 0.3 is 0 Å². The van der Waals surface area contributed by atoms with E-state index in [0.717, 1.165) is 11.3 Å². The molecule has 4 aromatic carbocycles. The molecule has 6 aromatic rings. The molecule has 1 radical (unpaired) electrons. The van der Waals surface area contributed by atoms with E-state index in [-0.39, 0.29) is 46.6 Å². The molecule has 0 unspecified atom stereocenters. The van der Waals surface area contributed by atoms with Crippen LogP contribution in [0.5, 0.6) is 29.0 Å². The van der Waals surface area contributed by atoms with E-state index >= 15 is 0 Å². The summed E-state index contributed by atoms with van der Waals surface area (Å²) in [5.74, 6) is 0.815. The van der Waals surface area contributed by atoms with E-state index in [1.165, 1.54) is 21.8 Å². The standard InChI is InChI=1S/2C18H17N3O3.Co/c1-12-15(11-19-16-5-3-4-6-17(16)22)18(23)21(20-12)13-7-9-14(24-2)10-8-13;1-12-15(10-19-16-4-2-3-5-17(16)23)18(24)21(20-12)14-8-6-13(11-22)7-9-14;/h3-11,22-23H,1-2H3;2-10,22-24H,11H2,1H3;. The van der Waals surface area contributed by atoms with Crippen molar-refractivity contribution in [3.63, 3.8) is 0 Å². The van der Waals surface area contributed by atoms with Crippen molar-refractivity contribution in [3.05, 3.63) is 125 Å². The number of nitrogens with zero attached hydrogens (tertiary/aromatic N) is 6. The molecule has 0 saturated heterocycles. The molecule has 0 amide bonds. The quantitative estimate of drug-likeness (QED) is 0.117. The SMILES string of the molecule is COc1ccc(-n2nc(C)c(C=Nc3ccccc3O)c2O)cc1.Cc1nn(-c2ccc(CO)cc2)c(O)c1C=Nc1ccccc1O.[Co]. The minimum absolute atomic E-state index is 0. The van der Waals surface area contributed by atoms with Crippen LogP contribution in [0.25, 0.3) is 11.4 Å². The molecule has 0 fully saturated rings. The fraction of sp³-hybridized carbons (Fsp3) is 0.111. The number of phenolic OH excluding ortho intramolecular Hbond substituents is 2. The Morgan fingerprint density at radius 3 is 1.43 bits per heavy atom.